The van der Waals surface area contributed by atoms with Crippen molar-refractivity contribution in [3.05, 3.63) is 106 Å². The number of hydrazine groups is 1. The van der Waals surface area contributed by atoms with Gasteiger partial charge in [0.05, 0.1) is 11.5 Å². The van der Waals surface area contributed by atoms with Crippen LogP contribution in [0.3, 0.4) is 0 Å². The number of hydrogen-bond acceptors (Lipinski definition) is 7. The molecule has 0 aliphatic rings. The standard InChI is InChI=1S/C22H17N7O4/c30-21(24-25-22(31)18-8-4-5-9-19(18)29(32)33)17-12-10-15(11-13-17)14-28-26-20(23-27-28)16-6-2-1-3-7-16/h1-13H,14H2,(H,24,30)(H,25,31). The second kappa shape index (κ2) is 9.47. The van der Waals surface area contributed by atoms with E-state index in [-0.39, 0.29) is 16.8 Å². The fraction of sp³-hybridized carbons (Fsp3) is 0.0455. The highest BCUT2D eigenvalue weighted by atomic mass is 16.6. The zero-order valence-corrected chi connectivity index (χ0v) is 17.1. The minimum Gasteiger partial charge on any atom is -0.267 e. The van der Waals surface area contributed by atoms with Crippen molar-refractivity contribution in [1.29, 1.82) is 0 Å². The molecule has 0 aliphatic carbocycles. The van der Waals surface area contributed by atoms with Gasteiger partial charge in [0.2, 0.25) is 5.82 Å². The summed E-state index contributed by atoms with van der Waals surface area (Å²) in [5.74, 6) is -0.849. The average Bonchev–Trinajstić information content (AvgIpc) is 3.32. The fourth-order valence-electron chi connectivity index (χ4n) is 3.02. The normalized spacial score (nSPS) is 10.4. The zero-order valence-electron chi connectivity index (χ0n) is 17.1. The first-order valence-corrected chi connectivity index (χ1v) is 9.77. The van der Waals surface area contributed by atoms with Gasteiger partial charge in [0.1, 0.15) is 5.56 Å². The van der Waals surface area contributed by atoms with Gasteiger partial charge in [-0.3, -0.25) is 30.6 Å². The van der Waals surface area contributed by atoms with Gasteiger partial charge in [0, 0.05) is 17.2 Å². The minimum absolute atomic E-state index is 0.159. The summed E-state index contributed by atoms with van der Waals surface area (Å²) in [5, 5.41) is 23.5. The van der Waals surface area contributed by atoms with E-state index in [9.17, 15) is 19.7 Å². The van der Waals surface area contributed by atoms with Crippen molar-refractivity contribution in [1.82, 2.24) is 31.1 Å². The Morgan fingerprint density at radius 3 is 2.27 bits per heavy atom. The molecular weight excluding hydrogens is 426 g/mol. The Kier molecular flexibility index (Phi) is 6.12. The molecule has 2 N–H and O–H groups in total. The number of carbonyl (C=O) groups is 2. The van der Waals surface area contributed by atoms with Gasteiger partial charge in [-0.25, -0.2) is 0 Å². The highest BCUT2D eigenvalue weighted by molar-refractivity contribution is 6.01. The molecule has 4 aromatic rings. The Hall–Kier alpha value is -4.93. The molecule has 11 nitrogen and oxygen atoms in total. The lowest BCUT2D eigenvalue weighted by molar-refractivity contribution is -0.385. The molecule has 1 aromatic heterocycles. The molecule has 0 saturated carbocycles. The number of nitrogens with zero attached hydrogens (tertiary/aromatic N) is 5. The van der Waals surface area contributed by atoms with Gasteiger partial charge in [0.15, 0.2) is 0 Å². The van der Waals surface area contributed by atoms with E-state index in [1.807, 2.05) is 30.3 Å². The number of nitro benzene ring substituents is 1. The molecule has 0 radical (unpaired) electrons. The monoisotopic (exact) mass is 443 g/mol. The van der Waals surface area contributed by atoms with Crippen LogP contribution in [0.2, 0.25) is 0 Å². The summed E-state index contributed by atoms with van der Waals surface area (Å²) >= 11 is 0. The van der Waals surface area contributed by atoms with Crippen LogP contribution >= 0.6 is 0 Å². The number of tetrazole rings is 1. The van der Waals surface area contributed by atoms with Crippen molar-refractivity contribution >= 4 is 17.5 Å². The molecule has 3 aromatic carbocycles. The third-order valence-electron chi connectivity index (χ3n) is 4.66. The van der Waals surface area contributed by atoms with Crippen molar-refractivity contribution in [3.63, 3.8) is 0 Å². The maximum absolute atomic E-state index is 12.3. The molecule has 0 bridgehead atoms. The van der Waals surface area contributed by atoms with Crippen molar-refractivity contribution in [2.24, 2.45) is 0 Å². The maximum atomic E-state index is 12.3. The van der Waals surface area contributed by atoms with Crippen LogP contribution in [0, 0.1) is 10.1 Å². The van der Waals surface area contributed by atoms with E-state index in [0.29, 0.717) is 12.4 Å². The highest BCUT2D eigenvalue weighted by Crippen LogP contribution is 2.17. The van der Waals surface area contributed by atoms with Crippen molar-refractivity contribution in [3.8, 4) is 11.4 Å². The number of aromatic nitrogens is 4. The second-order valence-corrected chi connectivity index (χ2v) is 6.89. The lowest BCUT2D eigenvalue weighted by Gasteiger charge is -2.08. The predicted molar refractivity (Wildman–Crippen MR) is 117 cm³/mol. The van der Waals surface area contributed by atoms with Gasteiger partial charge in [-0.1, -0.05) is 54.6 Å². The lowest BCUT2D eigenvalue weighted by Crippen LogP contribution is -2.41. The smallest absolute Gasteiger partial charge is 0.267 e. The number of carbonyl (C=O) groups excluding carboxylic acids is 2. The van der Waals surface area contributed by atoms with Crippen LogP contribution in [-0.4, -0.2) is 36.9 Å². The van der Waals surface area contributed by atoms with Crippen LogP contribution in [0.4, 0.5) is 5.69 Å². The minimum atomic E-state index is -0.793. The first kappa shape index (κ1) is 21.3. The second-order valence-electron chi connectivity index (χ2n) is 6.89. The first-order chi connectivity index (χ1) is 16.0. The third-order valence-corrected chi connectivity index (χ3v) is 4.66. The van der Waals surface area contributed by atoms with E-state index in [4.69, 9.17) is 0 Å². The summed E-state index contributed by atoms with van der Waals surface area (Å²) in [4.78, 5) is 36.4. The number of rotatable bonds is 6. The van der Waals surface area contributed by atoms with Crippen LogP contribution in [0.5, 0.6) is 0 Å². The largest absolute Gasteiger partial charge is 0.282 e. The molecule has 4 rings (SSSR count). The Morgan fingerprint density at radius 1 is 0.879 bits per heavy atom. The van der Waals surface area contributed by atoms with Crippen LogP contribution in [-0.2, 0) is 6.54 Å². The predicted octanol–water partition coefficient (Wildman–Crippen LogP) is 2.37. The summed E-state index contributed by atoms with van der Waals surface area (Å²) in [6, 6.07) is 21.5. The van der Waals surface area contributed by atoms with Gasteiger partial charge >= 0.3 is 0 Å². The van der Waals surface area contributed by atoms with Crippen molar-refractivity contribution < 1.29 is 14.5 Å². The molecule has 0 saturated heterocycles. The molecular formula is C22H17N7O4. The van der Waals surface area contributed by atoms with Gasteiger partial charge < -0.3 is 0 Å². The van der Waals surface area contributed by atoms with Crippen LogP contribution in [0.15, 0.2) is 78.9 Å². The van der Waals surface area contributed by atoms with Gasteiger partial charge in [-0.05, 0) is 29.0 Å². The summed E-state index contributed by atoms with van der Waals surface area (Å²) in [7, 11) is 0. The van der Waals surface area contributed by atoms with E-state index in [2.05, 4.69) is 26.3 Å². The molecule has 33 heavy (non-hydrogen) atoms. The molecule has 0 unspecified atom stereocenters. The highest BCUT2D eigenvalue weighted by Gasteiger charge is 2.19. The molecule has 164 valence electrons. The van der Waals surface area contributed by atoms with E-state index in [1.54, 1.807) is 24.3 Å². The molecule has 1 heterocycles. The quantitative estimate of drug-likeness (QED) is 0.344. The van der Waals surface area contributed by atoms with Crippen LogP contribution in [0.25, 0.3) is 11.4 Å². The van der Waals surface area contributed by atoms with Crippen molar-refractivity contribution in [2.75, 3.05) is 0 Å². The average molecular weight is 443 g/mol. The Labute approximate surface area is 187 Å². The summed E-state index contributed by atoms with van der Waals surface area (Å²) in [6.07, 6.45) is 0. The number of amides is 2. The van der Waals surface area contributed by atoms with Crippen molar-refractivity contribution in [2.45, 2.75) is 6.54 Å². The molecule has 0 spiro atoms. The Balaban J connectivity index is 1.36. The van der Waals surface area contributed by atoms with Gasteiger partial charge in [-0.15, -0.1) is 10.2 Å². The number of nitrogens with one attached hydrogen (secondary N) is 2. The number of nitro groups is 1. The van der Waals surface area contributed by atoms with Crippen LogP contribution < -0.4 is 10.9 Å². The topological polar surface area (TPSA) is 145 Å². The fourth-order valence-corrected chi connectivity index (χ4v) is 3.02. The summed E-state index contributed by atoms with van der Waals surface area (Å²) < 4.78 is 0. The molecule has 0 aliphatic heterocycles. The summed E-state index contributed by atoms with van der Waals surface area (Å²) in [5.41, 5.74) is 5.92. The first-order valence-electron chi connectivity index (χ1n) is 9.77. The van der Waals surface area contributed by atoms with Gasteiger partial charge in [0.25, 0.3) is 17.5 Å². The van der Waals surface area contributed by atoms with E-state index in [0.717, 1.165) is 11.1 Å². The van der Waals surface area contributed by atoms with Crippen LogP contribution in [0.1, 0.15) is 26.3 Å². The molecule has 0 atom stereocenters. The Morgan fingerprint density at radius 2 is 1.55 bits per heavy atom. The molecule has 11 heteroatoms. The zero-order chi connectivity index (χ0) is 23.2. The SMILES string of the molecule is O=C(NNC(=O)c1ccccc1[N+](=O)[O-])c1ccc(Cn2nnc(-c3ccccc3)n2)cc1. The number of hydrogen-bond donors (Lipinski definition) is 2. The molecule has 2 amide bonds. The van der Waals surface area contributed by atoms with Gasteiger partial charge in [-0.2, -0.15) is 4.80 Å². The lowest BCUT2D eigenvalue weighted by atomic mass is 10.1. The Bertz CT molecular complexity index is 1300. The maximum Gasteiger partial charge on any atom is 0.282 e. The van der Waals surface area contributed by atoms with E-state index < -0.39 is 16.7 Å². The molecule has 0 fully saturated rings. The summed E-state index contributed by atoms with van der Waals surface area (Å²) in [6.45, 7) is 0.357. The van der Waals surface area contributed by atoms with E-state index in [1.165, 1.54) is 29.1 Å². The number of benzene rings is 3. The third kappa shape index (κ3) is 5.05. The number of para-hydroxylation sites is 1. The van der Waals surface area contributed by atoms with E-state index >= 15 is 0 Å².